The number of carbonyl (C=O) groups is 1. The fraction of sp³-hybridized carbons (Fsp3) is 0.0833. The van der Waals surface area contributed by atoms with Crippen molar-refractivity contribution in [3.05, 3.63) is 102 Å². The van der Waals surface area contributed by atoms with Crippen LogP contribution in [-0.4, -0.2) is 16.0 Å². The number of hydrogen-bond donors (Lipinski definition) is 1. The summed E-state index contributed by atoms with van der Waals surface area (Å²) < 4.78 is 6.78. The molecule has 0 aliphatic carbocycles. The molecule has 10 heteroatoms. The molecule has 7 nitrogen and oxygen atoms in total. The summed E-state index contributed by atoms with van der Waals surface area (Å²) in [5, 5.41) is 14.7. The lowest BCUT2D eigenvalue weighted by molar-refractivity contribution is -0.384. The minimum absolute atomic E-state index is 0.0209. The minimum atomic E-state index is -0.445. The average Bonchev–Trinajstić information content (AvgIpc) is 3.15. The van der Waals surface area contributed by atoms with E-state index >= 15 is 0 Å². The third-order valence-electron chi connectivity index (χ3n) is 4.91. The zero-order chi connectivity index (χ0) is 24.2. The van der Waals surface area contributed by atoms with Crippen molar-refractivity contribution >= 4 is 67.8 Å². The summed E-state index contributed by atoms with van der Waals surface area (Å²) in [6, 6.07) is 17.1. The third-order valence-corrected chi connectivity index (χ3v) is 6.72. The SMILES string of the molecule is Cc1c(Cl)cccc1N=C1NC(=O)/C(=C\c2cc(Br)ccc2OCc2ccc([N+](=O)[O-])cc2)S1. The summed E-state index contributed by atoms with van der Waals surface area (Å²) in [6.45, 7) is 2.09. The van der Waals surface area contributed by atoms with Crippen LogP contribution in [0.5, 0.6) is 5.75 Å². The van der Waals surface area contributed by atoms with Crippen LogP contribution in [0.15, 0.2) is 75.0 Å². The van der Waals surface area contributed by atoms with Crippen LogP contribution >= 0.6 is 39.3 Å². The fourth-order valence-corrected chi connectivity index (χ4v) is 4.46. The van der Waals surface area contributed by atoms with Gasteiger partial charge in [-0.3, -0.25) is 14.9 Å². The molecule has 1 amide bonds. The molecular weight excluding hydrogens is 542 g/mol. The number of non-ortho nitro benzene ring substituents is 1. The highest BCUT2D eigenvalue weighted by Crippen LogP contribution is 2.33. The third kappa shape index (κ3) is 5.67. The van der Waals surface area contributed by atoms with Crippen LogP contribution in [-0.2, 0) is 11.4 Å². The number of thioether (sulfide) groups is 1. The second-order valence-electron chi connectivity index (χ2n) is 7.26. The summed E-state index contributed by atoms with van der Waals surface area (Å²) in [6.07, 6.45) is 1.74. The van der Waals surface area contributed by atoms with Gasteiger partial charge < -0.3 is 10.1 Å². The van der Waals surface area contributed by atoms with Crippen LogP contribution in [0.1, 0.15) is 16.7 Å². The fourth-order valence-electron chi connectivity index (χ4n) is 3.09. The van der Waals surface area contributed by atoms with Crippen molar-refractivity contribution in [2.75, 3.05) is 0 Å². The Labute approximate surface area is 213 Å². The number of amides is 1. The maximum absolute atomic E-state index is 12.6. The predicted molar refractivity (Wildman–Crippen MR) is 139 cm³/mol. The number of halogens is 2. The molecule has 0 spiro atoms. The zero-order valence-corrected chi connectivity index (χ0v) is 20.9. The van der Waals surface area contributed by atoms with E-state index in [2.05, 4.69) is 26.2 Å². The average molecular weight is 559 g/mol. The molecule has 1 saturated heterocycles. The van der Waals surface area contributed by atoms with Gasteiger partial charge in [0, 0.05) is 27.2 Å². The summed E-state index contributed by atoms with van der Waals surface area (Å²) in [7, 11) is 0. The molecule has 1 N–H and O–H groups in total. The van der Waals surface area contributed by atoms with Crippen molar-refractivity contribution in [2.45, 2.75) is 13.5 Å². The van der Waals surface area contributed by atoms with Crippen LogP contribution in [0.4, 0.5) is 11.4 Å². The van der Waals surface area contributed by atoms with Crippen molar-refractivity contribution in [1.29, 1.82) is 0 Å². The lowest BCUT2D eigenvalue weighted by Gasteiger charge is -2.10. The Morgan fingerprint density at radius 2 is 1.97 bits per heavy atom. The smallest absolute Gasteiger partial charge is 0.269 e. The van der Waals surface area contributed by atoms with Gasteiger partial charge in [0.05, 0.1) is 15.5 Å². The predicted octanol–water partition coefficient (Wildman–Crippen LogP) is 6.79. The second kappa shape index (κ2) is 10.4. The standard InChI is InChI=1S/C24H17BrClN3O4S/c1-14-19(26)3-2-4-20(14)27-24-28-23(30)22(34-24)12-16-11-17(25)7-10-21(16)33-13-15-5-8-18(9-6-15)29(31)32/h2-12H,13H2,1H3,(H,27,28,30)/b22-12+. The van der Waals surface area contributed by atoms with Gasteiger partial charge in [0.15, 0.2) is 5.17 Å². The van der Waals surface area contributed by atoms with Gasteiger partial charge in [0.1, 0.15) is 12.4 Å². The van der Waals surface area contributed by atoms with Crippen LogP contribution in [0.25, 0.3) is 6.08 Å². The first-order valence-corrected chi connectivity index (χ1v) is 12.0. The van der Waals surface area contributed by atoms with E-state index < -0.39 is 4.92 Å². The zero-order valence-electron chi connectivity index (χ0n) is 17.7. The molecule has 172 valence electrons. The highest BCUT2D eigenvalue weighted by Gasteiger charge is 2.24. The molecule has 0 atom stereocenters. The number of nitrogens with zero attached hydrogens (tertiary/aromatic N) is 2. The van der Waals surface area contributed by atoms with Gasteiger partial charge in [-0.05, 0) is 78.4 Å². The van der Waals surface area contributed by atoms with E-state index in [-0.39, 0.29) is 18.2 Å². The first-order valence-electron chi connectivity index (χ1n) is 10.0. The number of hydrogen-bond acceptors (Lipinski definition) is 6. The Morgan fingerprint density at radius 1 is 1.21 bits per heavy atom. The summed E-state index contributed by atoms with van der Waals surface area (Å²) in [5.41, 5.74) is 3.03. The molecule has 0 aromatic heterocycles. The number of aliphatic imine (C=N–C) groups is 1. The molecule has 1 heterocycles. The summed E-state index contributed by atoms with van der Waals surface area (Å²) >= 11 is 10.9. The first kappa shape index (κ1) is 24.0. The number of nitrogens with one attached hydrogen (secondary N) is 1. The van der Waals surface area contributed by atoms with Gasteiger partial charge in [0.2, 0.25) is 0 Å². The van der Waals surface area contributed by atoms with E-state index in [4.69, 9.17) is 16.3 Å². The van der Waals surface area contributed by atoms with Crippen LogP contribution in [0.2, 0.25) is 5.02 Å². The Balaban J connectivity index is 1.55. The highest BCUT2D eigenvalue weighted by molar-refractivity contribution is 9.10. The first-order chi connectivity index (χ1) is 16.3. The van der Waals surface area contributed by atoms with Crippen molar-refractivity contribution in [3.8, 4) is 5.75 Å². The molecular formula is C24H17BrClN3O4S. The van der Waals surface area contributed by atoms with Crippen LogP contribution in [0, 0.1) is 17.0 Å². The highest BCUT2D eigenvalue weighted by atomic mass is 79.9. The maximum Gasteiger partial charge on any atom is 0.269 e. The lowest BCUT2D eigenvalue weighted by Crippen LogP contribution is -2.19. The van der Waals surface area contributed by atoms with E-state index in [0.29, 0.717) is 32.1 Å². The number of carbonyl (C=O) groups excluding carboxylic acids is 1. The van der Waals surface area contributed by atoms with Gasteiger partial charge in [-0.1, -0.05) is 33.6 Å². The molecule has 1 aliphatic rings. The normalized spacial score (nSPS) is 15.6. The minimum Gasteiger partial charge on any atom is -0.488 e. The van der Waals surface area contributed by atoms with Crippen molar-refractivity contribution in [3.63, 3.8) is 0 Å². The monoisotopic (exact) mass is 557 g/mol. The molecule has 0 radical (unpaired) electrons. The summed E-state index contributed by atoms with van der Waals surface area (Å²) in [5.74, 6) is 0.309. The van der Waals surface area contributed by atoms with Crippen molar-refractivity contribution in [2.24, 2.45) is 4.99 Å². The molecule has 1 aliphatic heterocycles. The molecule has 34 heavy (non-hydrogen) atoms. The topological polar surface area (TPSA) is 93.8 Å². The number of amidine groups is 1. The van der Waals surface area contributed by atoms with E-state index in [9.17, 15) is 14.9 Å². The number of rotatable bonds is 6. The lowest BCUT2D eigenvalue weighted by atomic mass is 10.1. The molecule has 1 fully saturated rings. The second-order valence-corrected chi connectivity index (χ2v) is 9.61. The van der Waals surface area contributed by atoms with Crippen molar-refractivity contribution < 1.29 is 14.5 Å². The Bertz CT molecular complexity index is 1340. The Kier molecular flexibility index (Phi) is 7.35. The molecule has 3 aromatic carbocycles. The Morgan fingerprint density at radius 3 is 2.71 bits per heavy atom. The van der Waals surface area contributed by atoms with E-state index in [1.54, 1.807) is 30.3 Å². The van der Waals surface area contributed by atoms with E-state index in [1.165, 1.54) is 23.9 Å². The number of ether oxygens (including phenoxy) is 1. The van der Waals surface area contributed by atoms with E-state index in [1.807, 2.05) is 31.2 Å². The van der Waals surface area contributed by atoms with Gasteiger partial charge in [-0.2, -0.15) is 0 Å². The molecule has 0 saturated carbocycles. The number of benzene rings is 3. The Hall–Kier alpha value is -3.14. The molecule has 3 aromatic rings. The van der Waals surface area contributed by atoms with Gasteiger partial charge in [-0.25, -0.2) is 4.99 Å². The maximum atomic E-state index is 12.6. The van der Waals surface area contributed by atoms with Crippen LogP contribution < -0.4 is 10.1 Å². The van der Waals surface area contributed by atoms with E-state index in [0.717, 1.165) is 15.6 Å². The largest absolute Gasteiger partial charge is 0.488 e. The van der Waals surface area contributed by atoms with Crippen molar-refractivity contribution in [1.82, 2.24) is 5.32 Å². The number of nitro groups is 1. The number of nitro benzene ring substituents is 1. The molecule has 0 bridgehead atoms. The molecule has 4 rings (SSSR count). The van der Waals surface area contributed by atoms with Gasteiger partial charge >= 0.3 is 0 Å². The quantitative estimate of drug-likeness (QED) is 0.204. The summed E-state index contributed by atoms with van der Waals surface area (Å²) in [4.78, 5) is 28.0. The van der Waals surface area contributed by atoms with Gasteiger partial charge in [0.25, 0.3) is 11.6 Å². The molecule has 0 unspecified atom stereocenters. The van der Waals surface area contributed by atoms with Gasteiger partial charge in [-0.15, -0.1) is 0 Å². The van der Waals surface area contributed by atoms with Crippen LogP contribution in [0.3, 0.4) is 0 Å².